The first-order chi connectivity index (χ1) is 15.3. The number of benzene rings is 2. The minimum Gasteiger partial charge on any atom is -0.493 e. The Balaban J connectivity index is 1.70. The van der Waals surface area contributed by atoms with Crippen molar-refractivity contribution in [3.05, 3.63) is 54.1 Å². The molecular formula is C24H28N4O2S. The molecule has 1 aromatic heterocycles. The van der Waals surface area contributed by atoms with Crippen molar-refractivity contribution >= 4 is 17.4 Å². The molecule has 31 heavy (non-hydrogen) atoms. The van der Waals surface area contributed by atoms with Crippen LogP contribution in [0.2, 0.25) is 0 Å². The van der Waals surface area contributed by atoms with E-state index >= 15 is 0 Å². The zero-order valence-corrected chi connectivity index (χ0v) is 18.8. The molecule has 1 N–H and O–H groups in total. The van der Waals surface area contributed by atoms with E-state index in [9.17, 15) is 0 Å². The highest BCUT2D eigenvalue weighted by molar-refractivity contribution is 7.99. The molecule has 6 nitrogen and oxygen atoms in total. The second kappa shape index (κ2) is 10.5. The largest absolute Gasteiger partial charge is 0.493 e. The number of fused-ring (bicyclic) bond motifs is 3. The van der Waals surface area contributed by atoms with Gasteiger partial charge < -0.3 is 14.8 Å². The average molecular weight is 437 g/mol. The number of para-hydroxylation sites is 2. The van der Waals surface area contributed by atoms with Gasteiger partial charge in [-0.25, -0.2) is 0 Å². The highest BCUT2D eigenvalue weighted by Gasteiger charge is 2.27. The van der Waals surface area contributed by atoms with Crippen molar-refractivity contribution in [2.45, 2.75) is 50.9 Å². The van der Waals surface area contributed by atoms with Gasteiger partial charge in [-0.1, -0.05) is 68.8 Å². The highest BCUT2D eigenvalue weighted by Crippen LogP contribution is 2.41. The molecule has 2 aromatic carbocycles. The van der Waals surface area contributed by atoms with E-state index in [1.807, 2.05) is 48.5 Å². The molecule has 0 amide bonds. The minimum atomic E-state index is -0.453. The van der Waals surface area contributed by atoms with Gasteiger partial charge in [-0.15, -0.1) is 10.2 Å². The van der Waals surface area contributed by atoms with Gasteiger partial charge in [0.2, 0.25) is 17.3 Å². The summed E-state index contributed by atoms with van der Waals surface area (Å²) in [5, 5.41) is 13.0. The molecule has 0 spiro atoms. The minimum absolute atomic E-state index is 0.453. The number of aromatic nitrogens is 3. The molecule has 162 valence electrons. The van der Waals surface area contributed by atoms with Gasteiger partial charge in [0.05, 0.1) is 12.2 Å². The number of nitrogens with zero attached hydrogens (tertiary/aromatic N) is 3. The Morgan fingerprint density at radius 2 is 1.81 bits per heavy atom. The van der Waals surface area contributed by atoms with Crippen molar-refractivity contribution < 1.29 is 9.47 Å². The van der Waals surface area contributed by atoms with Crippen LogP contribution in [0.3, 0.4) is 0 Å². The standard InChI is InChI=1S/C24H28N4O2S/c1-3-5-15-29-20-14-10-8-12-18(20)22-25-19-13-9-7-11-17(19)21-23(30-22)26-24(28-27-21)31-16-6-4-2/h7-14,22,25H,3-6,15-16H2,1-2H3/t22-/m0/s1. The van der Waals surface area contributed by atoms with E-state index in [-0.39, 0.29) is 0 Å². The zero-order valence-electron chi connectivity index (χ0n) is 18.0. The Labute approximate surface area is 187 Å². The Bertz CT molecular complexity index is 1010. The van der Waals surface area contributed by atoms with Crippen molar-refractivity contribution in [3.63, 3.8) is 0 Å². The Morgan fingerprint density at radius 3 is 2.68 bits per heavy atom. The number of hydrogen-bond acceptors (Lipinski definition) is 7. The van der Waals surface area contributed by atoms with Crippen LogP contribution in [0.4, 0.5) is 5.69 Å². The number of rotatable bonds is 9. The normalized spacial score (nSPS) is 14.6. The first kappa shape index (κ1) is 21.4. The summed E-state index contributed by atoms with van der Waals surface area (Å²) in [6, 6.07) is 16.0. The van der Waals surface area contributed by atoms with Gasteiger partial charge in [0.15, 0.2) is 5.69 Å². The van der Waals surface area contributed by atoms with Gasteiger partial charge in [0.1, 0.15) is 5.75 Å². The average Bonchev–Trinajstić information content (AvgIpc) is 2.96. The molecule has 2 heterocycles. The third kappa shape index (κ3) is 5.10. The second-order valence-electron chi connectivity index (χ2n) is 7.38. The summed E-state index contributed by atoms with van der Waals surface area (Å²) in [5.74, 6) is 2.26. The van der Waals surface area contributed by atoms with E-state index in [0.29, 0.717) is 23.3 Å². The molecule has 1 atom stereocenters. The highest BCUT2D eigenvalue weighted by atomic mass is 32.2. The first-order valence-corrected chi connectivity index (χ1v) is 11.9. The predicted octanol–water partition coefficient (Wildman–Crippen LogP) is 6.11. The Hall–Kier alpha value is -2.80. The monoisotopic (exact) mass is 436 g/mol. The maximum absolute atomic E-state index is 6.40. The summed E-state index contributed by atoms with van der Waals surface area (Å²) in [4.78, 5) is 4.71. The molecule has 4 rings (SSSR count). The quantitative estimate of drug-likeness (QED) is 0.320. The summed E-state index contributed by atoms with van der Waals surface area (Å²) >= 11 is 1.61. The molecular weight excluding hydrogens is 408 g/mol. The van der Waals surface area contributed by atoms with E-state index in [1.165, 1.54) is 0 Å². The van der Waals surface area contributed by atoms with Gasteiger partial charge >= 0.3 is 0 Å². The van der Waals surface area contributed by atoms with Gasteiger partial charge in [0, 0.05) is 17.0 Å². The van der Waals surface area contributed by atoms with Crippen LogP contribution in [0.5, 0.6) is 11.6 Å². The lowest BCUT2D eigenvalue weighted by Crippen LogP contribution is -2.18. The Morgan fingerprint density at radius 1 is 1.00 bits per heavy atom. The van der Waals surface area contributed by atoms with Crippen molar-refractivity contribution in [3.8, 4) is 22.9 Å². The van der Waals surface area contributed by atoms with Crippen LogP contribution in [-0.2, 0) is 0 Å². The van der Waals surface area contributed by atoms with E-state index < -0.39 is 6.23 Å². The number of thioether (sulfide) groups is 1. The number of anilines is 1. The van der Waals surface area contributed by atoms with Crippen LogP contribution in [0, 0.1) is 0 Å². The van der Waals surface area contributed by atoms with Crippen LogP contribution < -0.4 is 14.8 Å². The van der Waals surface area contributed by atoms with Crippen molar-refractivity contribution in [1.82, 2.24) is 15.2 Å². The molecule has 0 fully saturated rings. The van der Waals surface area contributed by atoms with Gasteiger partial charge in [-0.05, 0) is 31.0 Å². The summed E-state index contributed by atoms with van der Waals surface area (Å²) in [5.41, 5.74) is 3.43. The lowest BCUT2D eigenvalue weighted by Gasteiger charge is -2.22. The van der Waals surface area contributed by atoms with Crippen LogP contribution in [0.1, 0.15) is 51.3 Å². The molecule has 1 aliphatic rings. The van der Waals surface area contributed by atoms with Crippen molar-refractivity contribution in [1.29, 1.82) is 0 Å². The van der Waals surface area contributed by atoms with Crippen molar-refractivity contribution in [2.75, 3.05) is 17.7 Å². The first-order valence-electron chi connectivity index (χ1n) is 10.9. The molecule has 0 saturated heterocycles. The second-order valence-corrected chi connectivity index (χ2v) is 8.44. The number of nitrogens with one attached hydrogen (secondary N) is 1. The van der Waals surface area contributed by atoms with E-state index in [0.717, 1.165) is 54.0 Å². The molecule has 0 aliphatic carbocycles. The summed E-state index contributed by atoms with van der Waals surface area (Å²) in [6.07, 6.45) is 3.89. The van der Waals surface area contributed by atoms with E-state index in [4.69, 9.17) is 14.5 Å². The predicted molar refractivity (Wildman–Crippen MR) is 125 cm³/mol. The van der Waals surface area contributed by atoms with Gasteiger partial charge in [0.25, 0.3) is 0 Å². The van der Waals surface area contributed by atoms with Crippen LogP contribution in [-0.4, -0.2) is 27.5 Å². The SMILES string of the molecule is CCCCOc1ccccc1[C@H]1Nc2ccccc2-c2nnc(SCCCC)nc2O1. The summed E-state index contributed by atoms with van der Waals surface area (Å²) < 4.78 is 12.5. The molecule has 0 unspecified atom stereocenters. The fourth-order valence-electron chi connectivity index (χ4n) is 3.31. The number of unbranched alkanes of at least 4 members (excludes halogenated alkanes) is 2. The van der Waals surface area contributed by atoms with Crippen LogP contribution in [0.15, 0.2) is 53.7 Å². The third-order valence-electron chi connectivity index (χ3n) is 5.02. The Kier molecular flexibility index (Phi) is 7.25. The number of ether oxygens (including phenoxy) is 2. The fourth-order valence-corrected chi connectivity index (χ4v) is 4.17. The smallest absolute Gasteiger partial charge is 0.247 e. The topological polar surface area (TPSA) is 69.2 Å². The van der Waals surface area contributed by atoms with E-state index in [1.54, 1.807) is 11.8 Å². The van der Waals surface area contributed by atoms with Crippen LogP contribution in [0.25, 0.3) is 11.3 Å². The molecule has 1 aliphatic heterocycles. The van der Waals surface area contributed by atoms with Gasteiger partial charge in [-0.3, -0.25) is 0 Å². The molecule has 0 radical (unpaired) electrons. The fraction of sp³-hybridized carbons (Fsp3) is 0.375. The maximum Gasteiger partial charge on any atom is 0.247 e. The number of hydrogen-bond donors (Lipinski definition) is 1. The molecule has 0 saturated carbocycles. The van der Waals surface area contributed by atoms with Crippen molar-refractivity contribution in [2.24, 2.45) is 0 Å². The lowest BCUT2D eigenvalue weighted by molar-refractivity contribution is 0.215. The molecule has 3 aromatic rings. The van der Waals surface area contributed by atoms with Crippen LogP contribution >= 0.6 is 11.8 Å². The zero-order chi connectivity index (χ0) is 21.5. The maximum atomic E-state index is 6.40. The van der Waals surface area contributed by atoms with E-state index in [2.05, 4.69) is 29.4 Å². The molecule has 0 bridgehead atoms. The molecule has 7 heteroatoms. The van der Waals surface area contributed by atoms with Gasteiger partial charge in [-0.2, -0.15) is 4.98 Å². The summed E-state index contributed by atoms with van der Waals surface area (Å²) in [7, 11) is 0. The summed E-state index contributed by atoms with van der Waals surface area (Å²) in [6.45, 7) is 5.00. The lowest BCUT2D eigenvalue weighted by atomic mass is 10.1. The third-order valence-corrected chi connectivity index (χ3v) is 5.94.